The van der Waals surface area contributed by atoms with Crippen LogP contribution in [0.25, 0.3) is 10.8 Å². The summed E-state index contributed by atoms with van der Waals surface area (Å²) in [6.07, 6.45) is 1.74. The Morgan fingerprint density at radius 3 is 2.60 bits per heavy atom. The summed E-state index contributed by atoms with van der Waals surface area (Å²) in [4.78, 5) is 4.05. The predicted molar refractivity (Wildman–Crippen MR) is 86.9 cm³/mol. The fourth-order valence-electron chi connectivity index (χ4n) is 1.65. The second-order valence-electron chi connectivity index (χ2n) is 5.61. The van der Waals surface area contributed by atoms with Crippen molar-refractivity contribution in [2.75, 3.05) is 0 Å². The van der Waals surface area contributed by atoms with Gasteiger partial charge in [-0.3, -0.25) is 0 Å². The van der Waals surface area contributed by atoms with Crippen LogP contribution in [0.5, 0.6) is 0 Å². The smallest absolute Gasteiger partial charge is 0.145 e. The van der Waals surface area contributed by atoms with Crippen LogP contribution in [0, 0.1) is 0 Å². The first-order valence-corrected chi connectivity index (χ1v) is 7.79. The first-order valence-electron chi connectivity index (χ1n) is 6.30. The summed E-state index contributed by atoms with van der Waals surface area (Å²) in [5.41, 5.74) is 1.70. The third-order valence-electron chi connectivity index (χ3n) is 2.85. The van der Waals surface area contributed by atoms with E-state index in [9.17, 15) is 4.21 Å². The molecular formula is C15H17ClN2OS. The second kappa shape index (κ2) is 5.62. The van der Waals surface area contributed by atoms with E-state index in [1.165, 1.54) is 0 Å². The minimum Gasteiger partial charge on any atom is -0.244 e. The lowest BCUT2D eigenvalue weighted by Crippen LogP contribution is -2.20. The largest absolute Gasteiger partial charge is 0.244 e. The summed E-state index contributed by atoms with van der Waals surface area (Å²) in [5, 5.41) is 2.48. The fraction of sp³-hybridized carbons (Fsp3) is 0.333. The summed E-state index contributed by atoms with van der Waals surface area (Å²) >= 11 is 5.90. The van der Waals surface area contributed by atoms with E-state index < -0.39 is 11.0 Å². The maximum atomic E-state index is 12.1. The molecular weight excluding hydrogens is 292 g/mol. The molecule has 0 amide bonds. The van der Waals surface area contributed by atoms with Crippen molar-refractivity contribution in [3.63, 3.8) is 0 Å². The Kier molecular flexibility index (Phi) is 4.25. The van der Waals surface area contributed by atoms with Crippen LogP contribution in [0.2, 0.25) is 5.15 Å². The van der Waals surface area contributed by atoms with E-state index in [-0.39, 0.29) is 4.75 Å². The number of halogens is 1. The zero-order valence-corrected chi connectivity index (χ0v) is 13.5. The number of hydrogen-bond donors (Lipinski definition) is 0. The van der Waals surface area contributed by atoms with Crippen molar-refractivity contribution in [2.24, 2.45) is 4.40 Å². The molecule has 0 bridgehead atoms. The summed E-state index contributed by atoms with van der Waals surface area (Å²) in [7, 11) is -1.26. The van der Waals surface area contributed by atoms with E-state index in [1.807, 2.05) is 52.0 Å². The Balaban J connectivity index is 2.42. The maximum Gasteiger partial charge on any atom is 0.145 e. The Labute approximate surface area is 126 Å². The van der Waals surface area contributed by atoms with Crippen molar-refractivity contribution in [3.05, 3.63) is 41.2 Å². The van der Waals surface area contributed by atoms with Crippen molar-refractivity contribution < 1.29 is 4.21 Å². The maximum absolute atomic E-state index is 12.1. The van der Waals surface area contributed by atoms with Gasteiger partial charge in [-0.15, -0.1) is 0 Å². The highest BCUT2D eigenvalue weighted by Crippen LogP contribution is 2.20. The third-order valence-corrected chi connectivity index (χ3v) is 4.54. The summed E-state index contributed by atoms with van der Waals surface area (Å²) in [5.74, 6) is 0. The van der Waals surface area contributed by atoms with Crippen LogP contribution in [0.15, 0.2) is 34.9 Å². The zero-order chi connectivity index (χ0) is 14.9. The molecule has 0 radical (unpaired) electrons. The Hall–Kier alpha value is -1.26. The molecule has 0 saturated carbocycles. The van der Waals surface area contributed by atoms with Crippen LogP contribution in [-0.2, 0) is 11.0 Å². The molecule has 20 heavy (non-hydrogen) atoms. The van der Waals surface area contributed by atoms with Gasteiger partial charge in [-0.25, -0.2) is 9.19 Å². The molecule has 106 valence electrons. The molecule has 1 unspecified atom stereocenters. The highest BCUT2D eigenvalue weighted by molar-refractivity contribution is 7.85. The predicted octanol–water partition coefficient (Wildman–Crippen LogP) is 4.16. The van der Waals surface area contributed by atoms with Crippen LogP contribution < -0.4 is 0 Å². The Bertz CT molecular complexity index is 705. The normalized spacial score (nSPS) is 14.6. The van der Waals surface area contributed by atoms with Crippen molar-refractivity contribution in [1.29, 1.82) is 0 Å². The number of hydrogen-bond acceptors (Lipinski definition) is 2. The SMILES string of the molecule is CC(=NS(=O)C(C)(C)C)c1ccc2cnc(Cl)cc2c1. The van der Waals surface area contributed by atoms with Crippen molar-refractivity contribution in [1.82, 2.24) is 4.98 Å². The molecule has 0 aliphatic rings. The second-order valence-corrected chi connectivity index (χ2v) is 7.90. The molecule has 0 saturated heterocycles. The number of pyridine rings is 1. The molecule has 2 aromatic rings. The lowest BCUT2D eigenvalue weighted by molar-refractivity contribution is 0.650. The number of rotatable bonds is 2. The monoisotopic (exact) mass is 308 g/mol. The van der Waals surface area contributed by atoms with Gasteiger partial charge in [-0.1, -0.05) is 23.7 Å². The molecule has 1 heterocycles. The van der Waals surface area contributed by atoms with Crippen molar-refractivity contribution in [2.45, 2.75) is 32.4 Å². The molecule has 0 aliphatic heterocycles. The molecule has 0 aliphatic carbocycles. The van der Waals surface area contributed by atoms with E-state index in [0.717, 1.165) is 22.0 Å². The third kappa shape index (κ3) is 3.44. The molecule has 5 heteroatoms. The highest BCUT2D eigenvalue weighted by atomic mass is 35.5. The molecule has 0 N–H and O–H groups in total. The van der Waals surface area contributed by atoms with Gasteiger partial charge < -0.3 is 0 Å². The van der Waals surface area contributed by atoms with Crippen LogP contribution in [0.4, 0.5) is 0 Å². The van der Waals surface area contributed by atoms with Crippen LogP contribution in [0.1, 0.15) is 33.3 Å². The van der Waals surface area contributed by atoms with Gasteiger partial charge in [0, 0.05) is 11.6 Å². The van der Waals surface area contributed by atoms with Gasteiger partial charge in [0.25, 0.3) is 0 Å². The van der Waals surface area contributed by atoms with E-state index in [2.05, 4.69) is 9.38 Å². The molecule has 3 nitrogen and oxygen atoms in total. The van der Waals surface area contributed by atoms with Crippen molar-refractivity contribution in [3.8, 4) is 0 Å². The Morgan fingerprint density at radius 1 is 1.25 bits per heavy atom. The zero-order valence-electron chi connectivity index (χ0n) is 12.0. The van der Waals surface area contributed by atoms with E-state index in [1.54, 1.807) is 6.20 Å². The fourth-order valence-corrected chi connectivity index (χ4v) is 2.45. The van der Waals surface area contributed by atoms with Crippen LogP contribution >= 0.6 is 11.6 Å². The first-order chi connectivity index (χ1) is 9.27. The molecule has 0 fully saturated rings. The van der Waals surface area contributed by atoms with Gasteiger partial charge in [0.15, 0.2) is 0 Å². The van der Waals surface area contributed by atoms with Crippen LogP contribution in [-0.4, -0.2) is 19.7 Å². The number of fused-ring (bicyclic) bond motifs is 1. The topological polar surface area (TPSA) is 42.3 Å². The minimum atomic E-state index is -1.26. The van der Waals surface area contributed by atoms with E-state index in [4.69, 9.17) is 11.6 Å². The van der Waals surface area contributed by atoms with Crippen LogP contribution in [0.3, 0.4) is 0 Å². The van der Waals surface area contributed by atoms with Gasteiger partial charge in [0.05, 0.1) is 10.5 Å². The van der Waals surface area contributed by atoms with Gasteiger partial charge in [0.1, 0.15) is 16.1 Å². The van der Waals surface area contributed by atoms with Crippen molar-refractivity contribution >= 4 is 39.1 Å². The summed E-state index contributed by atoms with van der Waals surface area (Å²) in [6.45, 7) is 7.59. The van der Waals surface area contributed by atoms with Gasteiger partial charge in [-0.2, -0.15) is 4.40 Å². The van der Waals surface area contributed by atoms with E-state index >= 15 is 0 Å². The minimum absolute atomic E-state index is 0.356. The molecule has 1 aromatic carbocycles. The van der Waals surface area contributed by atoms with Gasteiger partial charge in [0.2, 0.25) is 0 Å². The highest BCUT2D eigenvalue weighted by Gasteiger charge is 2.19. The molecule has 2 rings (SSSR count). The lowest BCUT2D eigenvalue weighted by Gasteiger charge is -2.14. The quantitative estimate of drug-likeness (QED) is 0.617. The number of benzene rings is 1. The number of aromatic nitrogens is 1. The summed E-state index contributed by atoms with van der Waals surface area (Å²) in [6, 6.07) is 7.72. The molecule has 0 spiro atoms. The van der Waals surface area contributed by atoms with Gasteiger partial charge in [-0.05, 0) is 50.8 Å². The molecule has 1 atom stereocenters. The summed E-state index contributed by atoms with van der Waals surface area (Å²) < 4.78 is 16.0. The lowest BCUT2D eigenvalue weighted by atomic mass is 10.1. The average Bonchev–Trinajstić information content (AvgIpc) is 2.36. The van der Waals surface area contributed by atoms with Gasteiger partial charge >= 0.3 is 0 Å². The van der Waals surface area contributed by atoms with E-state index in [0.29, 0.717) is 5.15 Å². The molecule has 1 aromatic heterocycles. The first kappa shape index (κ1) is 15.1. The Morgan fingerprint density at radius 2 is 1.95 bits per heavy atom. The number of nitrogens with zero attached hydrogens (tertiary/aromatic N) is 2. The average molecular weight is 309 g/mol. The standard InChI is InChI=1S/C15H17ClN2OS/c1-10(18-20(19)15(2,3)4)11-5-6-12-9-17-14(16)8-13(12)7-11/h5-9H,1-4H3.